The van der Waals surface area contributed by atoms with Crippen LogP contribution < -0.4 is 15.2 Å². The van der Waals surface area contributed by atoms with Crippen LogP contribution in [-0.2, 0) is 19.6 Å². The lowest BCUT2D eigenvalue weighted by molar-refractivity contribution is -0.123. The molecule has 0 aliphatic heterocycles. The third-order valence-electron chi connectivity index (χ3n) is 2.33. The van der Waals surface area contributed by atoms with E-state index in [0.717, 1.165) is 6.07 Å². The lowest BCUT2D eigenvalue weighted by Gasteiger charge is -2.09. The molecule has 0 saturated carbocycles. The largest absolute Gasteiger partial charge is 0.496 e. The van der Waals surface area contributed by atoms with E-state index in [0.29, 0.717) is 0 Å². The van der Waals surface area contributed by atoms with Crippen LogP contribution in [0.15, 0.2) is 23.1 Å². The van der Waals surface area contributed by atoms with Gasteiger partial charge in [-0.2, -0.15) is 0 Å². The molecule has 1 aromatic carbocycles. The highest BCUT2D eigenvalue weighted by Gasteiger charge is 2.19. The number of nitrogens with two attached hydrogens (primary N) is 1. The van der Waals surface area contributed by atoms with Crippen molar-refractivity contribution in [1.29, 1.82) is 0 Å². The monoisotopic (exact) mass is 302 g/mol. The third-order valence-corrected chi connectivity index (χ3v) is 3.24. The van der Waals surface area contributed by atoms with Crippen molar-refractivity contribution in [2.24, 2.45) is 5.14 Å². The number of carbonyl (C=O) groups excluding carboxylic acids is 2. The fourth-order valence-electron chi connectivity index (χ4n) is 1.30. The Morgan fingerprint density at radius 1 is 1.35 bits per heavy atom. The van der Waals surface area contributed by atoms with E-state index in [1.165, 1.54) is 26.3 Å². The predicted molar refractivity (Wildman–Crippen MR) is 68.7 cm³/mol. The molecule has 0 aromatic heterocycles. The number of primary sulfonamides is 1. The van der Waals surface area contributed by atoms with Crippen molar-refractivity contribution >= 4 is 21.9 Å². The highest BCUT2D eigenvalue weighted by molar-refractivity contribution is 7.89. The fourth-order valence-corrected chi connectivity index (χ4v) is 1.84. The second-order valence-corrected chi connectivity index (χ2v) is 5.22. The zero-order chi connectivity index (χ0) is 15.3. The minimum Gasteiger partial charge on any atom is -0.496 e. The van der Waals surface area contributed by atoms with Crippen LogP contribution in [0.25, 0.3) is 0 Å². The highest BCUT2D eigenvalue weighted by atomic mass is 32.2. The van der Waals surface area contributed by atoms with Crippen molar-refractivity contribution in [3.63, 3.8) is 0 Å². The number of rotatable bonds is 5. The van der Waals surface area contributed by atoms with Gasteiger partial charge in [0.1, 0.15) is 11.3 Å². The Kier molecular flexibility index (Phi) is 5.06. The predicted octanol–water partition coefficient (Wildman–Crippen LogP) is -0.755. The fraction of sp³-hybridized carbons (Fsp3) is 0.273. The first-order valence-electron chi connectivity index (χ1n) is 5.38. The van der Waals surface area contributed by atoms with Crippen molar-refractivity contribution in [3.05, 3.63) is 23.8 Å². The standard InChI is InChI=1S/C11H14N2O6S/c1-13-10(14)6-19-11(15)8-5-7(20(12,16)17)3-4-9(8)18-2/h3-5H,6H2,1-2H3,(H,13,14)(H2,12,16,17). The van der Waals surface area contributed by atoms with E-state index in [-0.39, 0.29) is 16.2 Å². The average molecular weight is 302 g/mol. The highest BCUT2D eigenvalue weighted by Crippen LogP contribution is 2.22. The van der Waals surface area contributed by atoms with Gasteiger partial charge in [0.15, 0.2) is 6.61 Å². The van der Waals surface area contributed by atoms with Crippen molar-refractivity contribution in [3.8, 4) is 5.75 Å². The number of hydrogen-bond acceptors (Lipinski definition) is 6. The molecular weight excluding hydrogens is 288 g/mol. The lowest BCUT2D eigenvalue weighted by Crippen LogP contribution is -2.25. The van der Waals surface area contributed by atoms with Crippen molar-refractivity contribution in [2.75, 3.05) is 20.8 Å². The maximum atomic E-state index is 11.8. The Morgan fingerprint density at radius 2 is 2.00 bits per heavy atom. The van der Waals surface area contributed by atoms with E-state index in [1.807, 2.05) is 0 Å². The minimum absolute atomic E-state index is 0.110. The second-order valence-electron chi connectivity index (χ2n) is 3.66. The molecule has 0 saturated heterocycles. The van der Waals surface area contributed by atoms with Gasteiger partial charge in [0.05, 0.1) is 12.0 Å². The zero-order valence-corrected chi connectivity index (χ0v) is 11.7. The first-order valence-corrected chi connectivity index (χ1v) is 6.92. The van der Waals surface area contributed by atoms with Gasteiger partial charge >= 0.3 is 5.97 Å². The summed E-state index contributed by atoms with van der Waals surface area (Å²) < 4.78 is 32.1. The van der Waals surface area contributed by atoms with Crippen molar-refractivity contribution < 1.29 is 27.5 Å². The van der Waals surface area contributed by atoms with E-state index in [4.69, 9.17) is 14.6 Å². The van der Waals surface area contributed by atoms with E-state index < -0.39 is 28.5 Å². The zero-order valence-electron chi connectivity index (χ0n) is 10.9. The van der Waals surface area contributed by atoms with Gasteiger partial charge in [-0.05, 0) is 18.2 Å². The van der Waals surface area contributed by atoms with Crippen molar-refractivity contribution in [2.45, 2.75) is 4.90 Å². The van der Waals surface area contributed by atoms with E-state index in [1.54, 1.807) is 0 Å². The van der Waals surface area contributed by atoms with E-state index in [9.17, 15) is 18.0 Å². The molecule has 20 heavy (non-hydrogen) atoms. The van der Waals surface area contributed by atoms with Gasteiger partial charge in [-0.15, -0.1) is 0 Å². The molecule has 0 unspecified atom stereocenters. The SMILES string of the molecule is CNC(=O)COC(=O)c1cc(S(N)(=O)=O)ccc1OC. The van der Waals surface area contributed by atoms with Gasteiger partial charge in [-0.1, -0.05) is 0 Å². The molecule has 1 amide bonds. The number of methoxy groups -OCH3 is 1. The topological polar surface area (TPSA) is 125 Å². The van der Waals surface area contributed by atoms with Gasteiger partial charge in [-0.25, -0.2) is 18.4 Å². The van der Waals surface area contributed by atoms with Gasteiger partial charge < -0.3 is 14.8 Å². The van der Waals surface area contributed by atoms with Crippen LogP contribution in [0.5, 0.6) is 5.75 Å². The summed E-state index contributed by atoms with van der Waals surface area (Å²) in [5.74, 6) is -1.28. The summed E-state index contributed by atoms with van der Waals surface area (Å²) >= 11 is 0. The third kappa shape index (κ3) is 3.93. The molecule has 3 N–H and O–H groups in total. The number of benzene rings is 1. The summed E-state index contributed by atoms with van der Waals surface area (Å²) in [7, 11) is -1.27. The molecule has 8 nitrogen and oxygen atoms in total. The molecule has 0 aliphatic rings. The Bertz CT molecular complexity index is 626. The molecule has 0 radical (unpaired) electrons. The van der Waals surface area contributed by atoms with Crippen LogP contribution >= 0.6 is 0 Å². The Hall–Kier alpha value is -2.13. The molecule has 0 fully saturated rings. The molecule has 0 atom stereocenters. The second kappa shape index (κ2) is 6.35. The summed E-state index contributed by atoms with van der Waals surface area (Å²) in [6.45, 7) is -0.488. The number of likely N-dealkylation sites (N-methyl/N-ethyl adjacent to an activating group) is 1. The normalized spacial score (nSPS) is 10.8. The van der Waals surface area contributed by atoms with Crippen LogP contribution in [0.1, 0.15) is 10.4 Å². The number of esters is 1. The maximum absolute atomic E-state index is 11.8. The lowest BCUT2D eigenvalue weighted by atomic mass is 10.2. The van der Waals surface area contributed by atoms with Gasteiger partial charge in [0, 0.05) is 7.05 Å². The van der Waals surface area contributed by atoms with Crippen molar-refractivity contribution in [1.82, 2.24) is 5.32 Å². The van der Waals surface area contributed by atoms with Crippen LogP contribution in [-0.4, -0.2) is 41.1 Å². The van der Waals surface area contributed by atoms with Gasteiger partial charge in [0.25, 0.3) is 5.91 Å². The summed E-state index contributed by atoms with van der Waals surface area (Å²) in [6, 6.07) is 3.50. The Balaban J connectivity index is 3.08. The number of nitrogens with one attached hydrogen (secondary N) is 1. The summed E-state index contributed by atoms with van der Waals surface area (Å²) in [4.78, 5) is 22.5. The molecule has 1 rings (SSSR count). The van der Waals surface area contributed by atoms with Crippen LogP contribution in [0.3, 0.4) is 0 Å². The average Bonchev–Trinajstić information content (AvgIpc) is 2.42. The van der Waals surface area contributed by atoms with E-state index in [2.05, 4.69) is 5.32 Å². The summed E-state index contributed by atoms with van der Waals surface area (Å²) in [5.41, 5.74) is -0.136. The number of amides is 1. The first kappa shape index (κ1) is 15.9. The van der Waals surface area contributed by atoms with Crippen LogP contribution in [0, 0.1) is 0 Å². The minimum atomic E-state index is -3.96. The number of ether oxygens (including phenoxy) is 2. The quantitative estimate of drug-likeness (QED) is 0.689. The Labute approximate surface area is 115 Å². The first-order chi connectivity index (χ1) is 9.29. The van der Waals surface area contributed by atoms with Gasteiger partial charge in [0.2, 0.25) is 10.0 Å². The molecule has 9 heteroatoms. The molecule has 0 bridgehead atoms. The summed E-state index contributed by atoms with van der Waals surface area (Å²) in [5, 5.41) is 7.25. The number of sulfonamides is 1. The molecule has 0 aliphatic carbocycles. The number of hydrogen-bond donors (Lipinski definition) is 2. The maximum Gasteiger partial charge on any atom is 0.342 e. The van der Waals surface area contributed by atoms with E-state index >= 15 is 0 Å². The van der Waals surface area contributed by atoms with Gasteiger partial charge in [-0.3, -0.25) is 4.79 Å². The van der Waals surface area contributed by atoms with Crippen LogP contribution in [0.2, 0.25) is 0 Å². The van der Waals surface area contributed by atoms with Crippen LogP contribution in [0.4, 0.5) is 0 Å². The number of carbonyl (C=O) groups is 2. The summed E-state index contributed by atoms with van der Waals surface area (Å²) in [6.07, 6.45) is 0. The molecular formula is C11H14N2O6S. The smallest absolute Gasteiger partial charge is 0.342 e. The molecule has 1 aromatic rings. The Morgan fingerprint density at radius 3 is 2.50 bits per heavy atom. The molecule has 110 valence electrons. The molecule has 0 spiro atoms. The molecule has 0 heterocycles.